The van der Waals surface area contributed by atoms with Crippen molar-refractivity contribution >= 4 is 50.1 Å². The monoisotopic (exact) mass is 510 g/mol. The van der Waals surface area contributed by atoms with Gasteiger partial charge in [-0.25, -0.2) is 4.79 Å². The Hall–Kier alpha value is -4.06. The van der Waals surface area contributed by atoms with Gasteiger partial charge in [-0.2, -0.15) is 0 Å². The van der Waals surface area contributed by atoms with Gasteiger partial charge in [-0.15, -0.1) is 11.3 Å². The molecule has 4 heterocycles. The van der Waals surface area contributed by atoms with Crippen molar-refractivity contribution in [2.75, 3.05) is 25.0 Å². The van der Waals surface area contributed by atoms with Crippen LogP contribution in [0.2, 0.25) is 0 Å². The highest BCUT2D eigenvalue weighted by Crippen LogP contribution is 2.38. The second-order valence-corrected chi connectivity index (χ2v) is 9.81. The van der Waals surface area contributed by atoms with Gasteiger partial charge in [0.05, 0.1) is 12.1 Å². The van der Waals surface area contributed by atoms with E-state index in [1.54, 1.807) is 4.90 Å². The normalized spacial score (nSPS) is 16.8. The van der Waals surface area contributed by atoms with E-state index >= 15 is 0 Å². The minimum absolute atomic E-state index is 0.0244. The van der Waals surface area contributed by atoms with Gasteiger partial charge in [-0.3, -0.25) is 24.5 Å². The maximum Gasteiger partial charge on any atom is 0.319 e. The minimum Gasteiger partial charge on any atom is -0.494 e. The molecular weight excluding hydrogens is 484 g/mol. The van der Waals surface area contributed by atoms with Gasteiger partial charge in [0.25, 0.3) is 11.8 Å². The van der Waals surface area contributed by atoms with Gasteiger partial charge in [0.1, 0.15) is 16.4 Å². The van der Waals surface area contributed by atoms with Crippen LogP contribution in [0, 0.1) is 0 Å². The van der Waals surface area contributed by atoms with Crippen molar-refractivity contribution in [1.29, 1.82) is 0 Å². The largest absolute Gasteiger partial charge is 0.494 e. The Bertz CT molecular complexity index is 1370. The number of rotatable bonds is 5. The SMILES string of the molecule is CCNC(=O)Nc1sc2ccccc2c1C(=O)N1CCC2(CC1)N=C(Cn1c(O)ccc1O)NC2=O. The number of amidine groups is 1. The number of fused-ring (bicyclic) bond motifs is 1. The van der Waals surface area contributed by atoms with Crippen molar-refractivity contribution < 1.29 is 24.6 Å². The molecule has 1 saturated heterocycles. The summed E-state index contributed by atoms with van der Waals surface area (Å²) in [6.07, 6.45) is 0.664. The number of benzene rings is 1. The number of amides is 4. The Morgan fingerprint density at radius 3 is 2.53 bits per heavy atom. The Balaban J connectivity index is 1.35. The van der Waals surface area contributed by atoms with E-state index in [1.807, 2.05) is 31.2 Å². The van der Waals surface area contributed by atoms with E-state index in [-0.39, 0.29) is 36.2 Å². The first-order valence-electron chi connectivity index (χ1n) is 11.6. The second-order valence-electron chi connectivity index (χ2n) is 8.76. The molecule has 0 saturated carbocycles. The number of carbonyl (C=O) groups is 3. The average molecular weight is 511 g/mol. The number of nitrogens with zero attached hydrogens (tertiary/aromatic N) is 3. The molecule has 188 valence electrons. The topological polar surface area (TPSA) is 148 Å². The fourth-order valence-corrected chi connectivity index (χ4v) is 5.74. The summed E-state index contributed by atoms with van der Waals surface area (Å²) in [4.78, 5) is 45.0. The third kappa shape index (κ3) is 4.13. The van der Waals surface area contributed by atoms with Crippen LogP contribution in [0.4, 0.5) is 9.80 Å². The molecule has 11 nitrogen and oxygen atoms in total. The molecule has 0 unspecified atom stereocenters. The lowest BCUT2D eigenvalue weighted by Gasteiger charge is -2.35. The Morgan fingerprint density at radius 2 is 1.83 bits per heavy atom. The summed E-state index contributed by atoms with van der Waals surface area (Å²) in [5, 5.41) is 29.3. The molecule has 4 amide bonds. The van der Waals surface area contributed by atoms with E-state index in [0.29, 0.717) is 48.9 Å². The summed E-state index contributed by atoms with van der Waals surface area (Å²) in [7, 11) is 0. The molecule has 3 aromatic rings. The molecule has 0 atom stereocenters. The van der Waals surface area contributed by atoms with Gasteiger partial charge < -0.3 is 25.7 Å². The number of aromatic nitrogens is 1. The van der Waals surface area contributed by atoms with E-state index in [9.17, 15) is 24.6 Å². The molecule has 5 rings (SSSR count). The van der Waals surface area contributed by atoms with Crippen LogP contribution in [0.5, 0.6) is 11.8 Å². The van der Waals surface area contributed by atoms with Gasteiger partial charge in [-0.05, 0) is 25.8 Å². The third-order valence-corrected chi connectivity index (χ3v) is 7.61. The van der Waals surface area contributed by atoms with Gasteiger partial charge in [0.2, 0.25) is 0 Å². The number of nitrogens with one attached hydrogen (secondary N) is 3. The number of aliphatic imine (C=N–C) groups is 1. The summed E-state index contributed by atoms with van der Waals surface area (Å²) in [5.41, 5.74) is -0.556. The summed E-state index contributed by atoms with van der Waals surface area (Å²) in [6.45, 7) is 2.93. The van der Waals surface area contributed by atoms with E-state index in [1.165, 1.54) is 28.0 Å². The third-order valence-electron chi connectivity index (χ3n) is 6.52. The van der Waals surface area contributed by atoms with Gasteiger partial charge in [0, 0.05) is 41.9 Å². The Morgan fingerprint density at radius 1 is 1.14 bits per heavy atom. The highest BCUT2D eigenvalue weighted by atomic mass is 32.1. The molecule has 0 bridgehead atoms. The van der Waals surface area contributed by atoms with Crippen LogP contribution in [-0.4, -0.2) is 68.5 Å². The number of thiophene rings is 1. The molecule has 1 aromatic carbocycles. The molecule has 1 spiro atoms. The lowest BCUT2D eigenvalue weighted by Crippen LogP contribution is -2.50. The van der Waals surface area contributed by atoms with Gasteiger partial charge in [-0.1, -0.05) is 18.2 Å². The first-order valence-corrected chi connectivity index (χ1v) is 12.5. The average Bonchev–Trinajstić information content (AvgIpc) is 3.48. The molecule has 0 aliphatic carbocycles. The van der Waals surface area contributed by atoms with E-state index in [2.05, 4.69) is 20.9 Å². The molecule has 5 N–H and O–H groups in total. The number of urea groups is 1. The van der Waals surface area contributed by atoms with Crippen molar-refractivity contribution in [3.05, 3.63) is 42.0 Å². The summed E-state index contributed by atoms with van der Waals surface area (Å²) in [6, 6.07) is 9.84. The first kappa shape index (κ1) is 23.7. The number of hydrogen-bond donors (Lipinski definition) is 5. The smallest absolute Gasteiger partial charge is 0.319 e. The van der Waals surface area contributed by atoms with E-state index in [0.717, 1.165) is 10.1 Å². The molecule has 2 aromatic heterocycles. The number of carbonyl (C=O) groups excluding carboxylic acids is 3. The summed E-state index contributed by atoms with van der Waals surface area (Å²) < 4.78 is 2.13. The van der Waals surface area contributed by atoms with Gasteiger partial charge in [0.15, 0.2) is 11.8 Å². The Kier molecular flexibility index (Phi) is 6.04. The first-order chi connectivity index (χ1) is 17.3. The maximum atomic E-state index is 13.6. The highest BCUT2D eigenvalue weighted by Gasteiger charge is 2.46. The minimum atomic E-state index is -0.997. The van der Waals surface area contributed by atoms with Crippen molar-refractivity contribution in [3.63, 3.8) is 0 Å². The highest BCUT2D eigenvalue weighted by molar-refractivity contribution is 7.23. The number of aromatic hydroxyl groups is 2. The number of hydrogen-bond acceptors (Lipinski definition) is 7. The predicted molar refractivity (Wildman–Crippen MR) is 136 cm³/mol. The molecule has 12 heteroatoms. The molecule has 36 heavy (non-hydrogen) atoms. The van der Waals surface area contributed by atoms with Crippen LogP contribution < -0.4 is 16.0 Å². The summed E-state index contributed by atoms with van der Waals surface area (Å²) in [5.74, 6) is -0.385. The predicted octanol–water partition coefficient (Wildman–Crippen LogP) is 2.46. The number of likely N-dealkylation sites (tertiary alicyclic amines) is 1. The van der Waals surface area contributed by atoms with Crippen LogP contribution in [0.1, 0.15) is 30.1 Å². The van der Waals surface area contributed by atoms with Crippen LogP contribution in [0.15, 0.2) is 41.4 Å². The van der Waals surface area contributed by atoms with E-state index < -0.39 is 5.54 Å². The fourth-order valence-electron chi connectivity index (χ4n) is 4.65. The molecule has 2 aliphatic rings. The lowest BCUT2D eigenvalue weighted by molar-refractivity contribution is -0.125. The number of piperidine rings is 1. The molecule has 0 radical (unpaired) electrons. The zero-order chi connectivity index (χ0) is 25.4. The maximum absolute atomic E-state index is 13.6. The zero-order valence-corrected chi connectivity index (χ0v) is 20.4. The lowest BCUT2D eigenvalue weighted by atomic mass is 9.87. The van der Waals surface area contributed by atoms with Crippen molar-refractivity contribution in [2.24, 2.45) is 4.99 Å². The van der Waals surface area contributed by atoms with Crippen molar-refractivity contribution in [1.82, 2.24) is 20.1 Å². The van der Waals surface area contributed by atoms with E-state index in [4.69, 9.17) is 0 Å². The molecule has 2 aliphatic heterocycles. The Labute approximate surface area is 210 Å². The van der Waals surface area contributed by atoms with Crippen LogP contribution in [0.3, 0.4) is 0 Å². The quantitative estimate of drug-likeness (QED) is 0.358. The van der Waals surface area contributed by atoms with Crippen LogP contribution >= 0.6 is 11.3 Å². The van der Waals surface area contributed by atoms with Crippen molar-refractivity contribution in [2.45, 2.75) is 31.8 Å². The molecule has 1 fully saturated rings. The van der Waals surface area contributed by atoms with Crippen LogP contribution in [-0.2, 0) is 11.3 Å². The fraction of sp³-hybridized carbons (Fsp3) is 0.333. The zero-order valence-electron chi connectivity index (χ0n) is 19.6. The summed E-state index contributed by atoms with van der Waals surface area (Å²) >= 11 is 1.35. The standard InChI is InChI=1S/C24H26N6O5S/c1-2-25-23(35)27-20-19(14-5-3-4-6-15(14)36-20)21(33)29-11-9-24(10-12-29)22(34)26-16(28-24)13-30-17(31)7-8-18(30)32/h3-8,31-32H,2,9-13H2,1H3,(H2,25,27,35)(H,26,28,34). The molecular formula is C24H26N6O5S. The van der Waals surface area contributed by atoms with Crippen LogP contribution in [0.25, 0.3) is 10.1 Å². The van der Waals surface area contributed by atoms with Crippen molar-refractivity contribution in [3.8, 4) is 11.8 Å². The second kappa shape index (κ2) is 9.19. The van der Waals surface area contributed by atoms with Gasteiger partial charge >= 0.3 is 6.03 Å². The number of anilines is 1.